The van der Waals surface area contributed by atoms with Crippen LogP contribution in [0.5, 0.6) is 5.75 Å². The van der Waals surface area contributed by atoms with Gasteiger partial charge >= 0.3 is 0 Å². The Hall–Kier alpha value is -3.22. The fourth-order valence-electron chi connectivity index (χ4n) is 3.31. The highest BCUT2D eigenvalue weighted by Gasteiger charge is 2.35. The summed E-state index contributed by atoms with van der Waals surface area (Å²) in [7, 11) is 1.59. The second-order valence-corrected chi connectivity index (χ2v) is 6.32. The van der Waals surface area contributed by atoms with Crippen LogP contribution in [0.25, 0.3) is 11.4 Å². The van der Waals surface area contributed by atoms with Gasteiger partial charge in [0.15, 0.2) is 0 Å². The highest BCUT2D eigenvalue weighted by Crippen LogP contribution is 2.33. The van der Waals surface area contributed by atoms with E-state index in [1.165, 1.54) is 12.1 Å². The molecule has 0 bridgehead atoms. The SMILES string of the molecule is COc1cccc(-c2noc([C@H]3CCCN3C(=O)c3ccccc3F)n2)c1. The number of aromatic nitrogens is 2. The Morgan fingerprint density at radius 2 is 2.11 bits per heavy atom. The second kappa shape index (κ2) is 7.19. The maximum atomic E-state index is 14.0. The molecule has 27 heavy (non-hydrogen) atoms. The lowest BCUT2D eigenvalue weighted by molar-refractivity contribution is 0.0705. The van der Waals surface area contributed by atoms with Gasteiger partial charge in [-0.1, -0.05) is 29.4 Å². The molecule has 3 aromatic rings. The summed E-state index contributed by atoms with van der Waals surface area (Å²) in [6, 6.07) is 13.0. The molecule has 6 nitrogen and oxygen atoms in total. The number of carbonyl (C=O) groups excluding carboxylic acids is 1. The Bertz CT molecular complexity index is 972. The molecule has 0 radical (unpaired) electrons. The molecule has 1 saturated heterocycles. The average molecular weight is 367 g/mol. The van der Waals surface area contributed by atoms with Gasteiger partial charge in [-0.3, -0.25) is 4.79 Å². The molecule has 0 spiro atoms. The molecular weight excluding hydrogens is 349 g/mol. The van der Waals surface area contributed by atoms with Gasteiger partial charge in [0, 0.05) is 12.1 Å². The molecule has 1 aromatic heterocycles. The highest BCUT2D eigenvalue weighted by molar-refractivity contribution is 5.94. The van der Waals surface area contributed by atoms with Crippen LogP contribution in [-0.2, 0) is 0 Å². The maximum absolute atomic E-state index is 14.0. The summed E-state index contributed by atoms with van der Waals surface area (Å²) >= 11 is 0. The standard InChI is InChI=1S/C20H18FN3O3/c1-26-14-7-4-6-13(12-14)18-22-19(27-23-18)17-10-5-11-24(17)20(25)15-8-2-3-9-16(15)21/h2-4,6-9,12,17H,5,10-11H2,1H3/t17-/m1/s1. The van der Waals surface area contributed by atoms with Gasteiger partial charge in [0.1, 0.15) is 17.6 Å². The molecule has 0 saturated carbocycles. The number of ether oxygens (including phenoxy) is 1. The molecule has 0 unspecified atom stereocenters. The first-order valence-electron chi connectivity index (χ1n) is 8.71. The van der Waals surface area contributed by atoms with E-state index in [0.717, 1.165) is 12.0 Å². The van der Waals surface area contributed by atoms with Gasteiger partial charge in [0.25, 0.3) is 5.91 Å². The van der Waals surface area contributed by atoms with E-state index in [9.17, 15) is 9.18 Å². The fraction of sp³-hybridized carbons (Fsp3) is 0.250. The molecule has 2 aromatic carbocycles. The van der Waals surface area contributed by atoms with Crippen LogP contribution in [0.2, 0.25) is 0 Å². The fourth-order valence-corrected chi connectivity index (χ4v) is 3.31. The van der Waals surface area contributed by atoms with E-state index in [-0.39, 0.29) is 17.5 Å². The normalized spacial score (nSPS) is 16.5. The van der Waals surface area contributed by atoms with Crippen molar-refractivity contribution in [3.63, 3.8) is 0 Å². The molecule has 0 aliphatic carbocycles. The Kier molecular flexibility index (Phi) is 4.58. The van der Waals surface area contributed by atoms with Gasteiger partial charge in [-0.25, -0.2) is 4.39 Å². The molecule has 1 aliphatic heterocycles. The molecular formula is C20H18FN3O3. The zero-order chi connectivity index (χ0) is 18.8. The summed E-state index contributed by atoms with van der Waals surface area (Å²) in [5.41, 5.74) is 0.811. The third-order valence-corrected chi connectivity index (χ3v) is 4.67. The van der Waals surface area contributed by atoms with Crippen LogP contribution in [0.3, 0.4) is 0 Å². The van der Waals surface area contributed by atoms with Crippen molar-refractivity contribution in [2.75, 3.05) is 13.7 Å². The Balaban J connectivity index is 1.60. The predicted octanol–water partition coefficient (Wildman–Crippen LogP) is 3.86. The molecule has 1 aliphatic rings. The van der Waals surface area contributed by atoms with Crippen LogP contribution < -0.4 is 4.74 Å². The minimum absolute atomic E-state index is 0.0527. The van der Waals surface area contributed by atoms with Crippen molar-refractivity contribution in [1.82, 2.24) is 15.0 Å². The van der Waals surface area contributed by atoms with Crippen molar-refractivity contribution < 1.29 is 18.4 Å². The molecule has 1 amide bonds. The van der Waals surface area contributed by atoms with Crippen LogP contribution in [0, 0.1) is 5.82 Å². The zero-order valence-electron chi connectivity index (χ0n) is 14.8. The van der Waals surface area contributed by atoms with Crippen molar-refractivity contribution >= 4 is 5.91 Å². The molecule has 1 fully saturated rings. The monoisotopic (exact) mass is 367 g/mol. The van der Waals surface area contributed by atoms with Crippen molar-refractivity contribution in [2.24, 2.45) is 0 Å². The summed E-state index contributed by atoms with van der Waals surface area (Å²) in [6.07, 6.45) is 1.49. The molecule has 4 rings (SSSR count). The number of benzene rings is 2. The highest BCUT2D eigenvalue weighted by atomic mass is 19.1. The number of rotatable bonds is 4. The number of methoxy groups -OCH3 is 1. The second-order valence-electron chi connectivity index (χ2n) is 6.32. The van der Waals surface area contributed by atoms with Gasteiger partial charge in [-0.15, -0.1) is 0 Å². The summed E-state index contributed by atoms with van der Waals surface area (Å²) in [4.78, 5) is 18.9. The van der Waals surface area contributed by atoms with Gasteiger partial charge in [-0.2, -0.15) is 4.98 Å². The maximum Gasteiger partial charge on any atom is 0.257 e. The van der Waals surface area contributed by atoms with Gasteiger partial charge in [-0.05, 0) is 37.1 Å². The number of amides is 1. The van der Waals surface area contributed by atoms with E-state index in [1.54, 1.807) is 24.1 Å². The third kappa shape index (κ3) is 3.28. The van der Waals surface area contributed by atoms with Gasteiger partial charge in [0.05, 0.1) is 12.7 Å². The van der Waals surface area contributed by atoms with Crippen molar-refractivity contribution in [1.29, 1.82) is 0 Å². The van der Waals surface area contributed by atoms with E-state index in [1.807, 2.05) is 24.3 Å². The average Bonchev–Trinajstić information content (AvgIpc) is 3.37. The van der Waals surface area contributed by atoms with Crippen LogP contribution in [0.15, 0.2) is 53.1 Å². The first-order chi connectivity index (χ1) is 13.2. The smallest absolute Gasteiger partial charge is 0.257 e. The topological polar surface area (TPSA) is 68.5 Å². The van der Waals surface area contributed by atoms with Crippen LogP contribution in [0.4, 0.5) is 4.39 Å². The van der Waals surface area contributed by atoms with E-state index >= 15 is 0 Å². The summed E-state index contributed by atoms with van der Waals surface area (Å²) in [5, 5.41) is 4.04. The van der Waals surface area contributed by atoms with Crippen molar-refractivity contribution in [3.8, 4) is 17.1 Å². The predicted molar refractivity (Wildman–Crippen MR) is 95.7 cm³/mol. The third-order valence-electron chi connectivity index (χ3n) is 4.67. The minimum Gasteiger partial charge on any atom is -0.497 e. The number of hydrogen-bond donors (Lipinski definition) is 0. The molecule has 2 heterocycles. The van der Waals surface area contributed by atoms with Gasteiger partial charge in [0.2, 0.25) is 11.7 Å². The first-order valence-corrected chi connectivity index (χ1v) is 8.71. The lowest BCUT2D eigenvalue weighted by Gasteiger charge is -2.22. The number of hydrogen-bond acceptors (Lipinski definition) is 5. The largest absolute Gasteiger partial charge is 0.497 e. The molecule has 7 heteroatoms. The molecule has 1 atom stereocenters. The van der Waals surface area contributed by atoms with Crippen molar-refractivity contribution in [2.45, 2.75) is 18.9 Å². The van der Waals surface area contributed by atoms with Crippen LogP contribution in [0.1, 0.15) is 35.1 Å². The Morgan fingerprint density at radius 1 is 1.26 bits per heavy atom. The number of nitrogens with zero attached hydrogens (tertiary/aromatic N) is 3. The lowest BCUT2D eigenvalue weighted by Crippen LogP contribution is -2.31. The lowest BCUT2D eigenvalue weighted by atomic mass is 10.1. The Labute approximate surface area is 155 Å². The van der Waals surface area contributed by atoms with E-state index < -0.39 is 5.82 Å². The molecule has 0 N–H and O–H groups in total. The van der Waals surface area contributed by atoms with Crippen LogP contribution in [-0.4, -0.2) is 34.6 Å². The zero-order valence-corrected chi connectivity index (χ0v) is 14.8. The molecule has 138 valence electrons. The van der Waals surface area contributed by atoms with E-state index in [4.69, 9.17) is 9.26 Å². The van der Waals surface area contributed by atoms with Gasteiger partial charge < -0.3 is 14.2 Å². The number of likely N-dealkylation sites (tertiary alicyclic amines) is 1. The number of carbonyl (C=O) groups is 1. The van der Waals surface area contributed by atoms with E-state index in [2.05, 4.69) is 10.1 Å². The van der Waals surface area contributed by atoms with Crippen LogP contribution >= 0.6 is 0 Å². The quantitative estimate of drug-likeness (QED) is 0.700. The van der Waals surface area contributed by atoms with Crippen molar-refractivity contribution in [3.05, 3.63) is 65.8 Å². The van der Waals surface area contributed by atoms with E-state index in [0.29, 0.717) is 30.4 Å². The summed E-state index contributed by atoms with van der Waals surface area (Å²) < 4.78 is 24.7. The first kappa shape index (κ1) is 17.2. The summed E-state index contributed by atoms with van der Waals surface area (Å²) in [6.45, 7) is 0.523. The Morgan fingerprint density at radius 3 is 2.93 bits per heavy atom. The summed E-state index contributed by atoms with van der Waals surface area (Å²) in [5.74, 6) is 0.577. The number of halogens is 1. The minimum atomic E-state index is -0.532.